The first-order chi connectivity index (χ1) is 20.7. The van der Waals surface area contributed by atoms with Crippen molar-refractivity contribution in [3.05, 3.63) is 70.3 Å². The van der Waals surface area contributed by atoms with Gasteiger partial charge in [0.25, 0.3) is 0 Å². The number of hydrogen-bond donors (Lipinski definition) is 7. The summed E-state index contributed by atoms with van der Waals surface area (Å²) in [7, 11) is 3.06. The fraction of sp³-hybridized carbons (Fsp3) is 0.300. The molecule has 0 saturated carbocycles. The van der Waals surface area contributed by atoms with Crippen LogP contribution >= 0.6 is 0 Å². The van der Waals surface area contributed by atoms with Gasteiger partial charge in [-0.15, -0.1) is 0 Å². The number of methoxy groups -OCH3 is 1. The highest BCUT2D eigenvalue weighted by Gasteiger charge is 2.38. The van der Waals surface area contributed by atoms with Gasteiger partial charge in [0.05, 0.1) is 36.0 Å². The molecule has 0 spiro atoms. The van der Waals surface area contributed by atoms with Gasteiger partial charge in [-0.2, -0.15) is 0 Å². The van der Waals surface area contributed by atoms with Crippen LogP contribution in [-0.4, -0.2) is 91.4 Å². The van der Waals surface area contributed by atoms with Crippen LogP contribution in [0.1, 0.15) is 37.4 Å². The lowest BCUT2D eigenvalue weighted by atomic mass is 9.81. The number of rotatable bonds is 13. The van der Waals surface area contributed by atoms with E-state index in [2.05, 4.69) is 16.0 Å². The molecule has 3 aromatic rings. The molecule has 13 heteroatoms. The van der Waals surface area contributed by atoms with Crippen molar-refractivity contribution in [3.63, 3.8) is 0 Å². The third-order valence-electron chi connectivity index (χ3n) is 6.92. The summed E-state index contributed by atoms with van der Waals surface area (Å²) in [4.78, 5) is 41.3. The van der Waals surface area contributed by atoms with Crippen LogP contribution in [0.15, 0.2) is 42.5 Å². The number of amides is 1. The Hall–Kier alpha value is -5.01. The number of nitrogen functional groups attached to an aromatic ring is 1. The molecule has 1 aliphatic carbocycles. The third kappa shape index (κ3) is 6.74. The van der Waals surface area contributed by atoms with E-state index in [1.54, 1.807) is 37.4 Å². The van der Waals surface area contributed by atoms with E-state index in [1.807, 2.05) is 0 Å². The molecule has 0 saturated heterocycles. The fourth-order valence-electron chi connectivity index (χ4n) is 4.73. The molecule has 0 atom stereocenters. The summed E-state index contributed by atoms with van der Waals surface area (Å²) in [6.45, 7) is 1.60. The summed E-state index contributed by atoms with van der Waals surface area (Å²) in [5, 5.41) is 39.1. The predicted molar refractivity (Wildman–Crippen MR) is 160 cm³/mol. The Bertz CT molecular complexity index is 1530. The molecule has 43 heavy (non-hydrogen) atoms. The Balaban J connectivity index is 1.50. The van der Waals surface area contributed by atoms with Crippen LogP contribution in [-0.2, 0) is 11.3 Å². The lowest BCUT2D eigenvalue weighted by Crippen LogP contribution is -2.32. The lowest BCUT2D eigenvalue weighted by molar-refractivity contribution is 0.0975. The quantitative estimate of drug-likeness (QED) is 0.0679. The van der Waals surface area contributed by atoms with E-state index >= 15 is 0 Å². The highest BCUT2D eigenvalue weighted by molar-refractivity contribution is 6.33. The number of benzene rings is 3. The number of fused-ring (bicyclic) bond motifs is 2. The van der Waals surface area contributed by atoms with Crippen molar-refractivity contribution in [2.45, 2.75) is 6.61 Å². The molecule has 13 nitrogen and oxygen atoms in total. The van der Waals surface area contributed by atoms with Gasteiger partial charge in [-0.3, -0.25) is 9.59 Å². The number of nitrogens with one attached hydrogen (secondary N) is 3. The van der Waals surface area contributed by atoms with Crippen molar-refractivity contribution < 1.29 is 39.2 Å². The van der Waals surface area contributed by atoms with Gasteiger partial charge < -0.3 is 51.4 Å². The van der Waals surface area contributed by atoms with E-state index < -0.39 is 29.2 Å². The molecule has 228 valence electrons. The molecule has 4 rings (SSSR count). The molecule has 0 unspecified atom stereocenters. The number of aromatic hydroxyl groups is 2. The van der Waals surface area contributed by atoms with Gasteiger partial charge in [0.2, 0.25) is 11.6 Å². The molecule has 0 aromatic heterocycles. The van der Waals surface area contributed by atoms with Crippen LogP contribution < -0.4 is 26.4 Å². The Morgan fingerprint density at radius 3 is 2.05 bits per heavy atom. The van der Waals surface area contributed by atoms with Gasteiger partial charge in [0.15, 0.2) is 0 Å². The minimum absolute atomic E-state index is 0.0213. The fourth-order valence-corrected chi connectivity index (χ4v) is 4.73. The van der Waals surface area contributed by atoms with Crippen molar-refractivity contribution in [2.24, 2.45) is 0 Å². The zero-order chi connectivity index (χ0) is 31.1. The number of aliphatic hydroxyl groups is 1. The largest absolute Gasteiger partial charge is 0.507 e. The Labute approximate surface area is 248 Å². The first-order valence-corrected chi connectivity index (χ1v) is 13.6. The number of carbonyl (C=O) groups is 3. The zero-order valence-electron chi connectivity index (χ0n) is 23.9. The van der Waals surface area contributed by atoms with E-state index in [0.29, 0.717) is 48.0 Å². The van der Waals surface area contributed by atoms with E-state index in [4.69, 9.17) is 20.3 Å². The Morgan fingerprint density at radius 2 is 1.47 bits per heavy atom. The van der Waals surface area contributed by atoms with Crippen molar-refractivity contribution >= 4 is 34.7 Å². The van der Waals surface area contributed by atoms with Gasteiger partial charge in [-0.05, 0) is 36.4 Å². The lowest BCUT2D eigenvalue weighted by Gasteiger charge is -2.25. The standard InChI is InChI=1S/C30H35N5O8/c1-35(30(41)43-16-17-3-4-18(31)15-23(17)42-2)13-11-34-20-6-5-19(33-10-9-32-12-14-36)24-25(20)29(40)27-22(38)8-7-21(37)26(27)28(24)39/h3-8,15,32-34,36-38H,9-14,16,31H2,1-2H3. The van der Waals surface area contributed by atoms with Crippen LogP contribution in [0.5, 0.6) is 17.2 Å². The van der Waals surface area contributed by atoms with Crippen molar-refractivity contribution in [2.75, 3.05) is 69.9 Å². The highest BCUT2D eigenvalue weighted by Crippen LogP contribution is 2.42. The van der Waals surface area contributed by atoms with Gasteiger partial charge >= 0.3 is 6.09 Å². The topological polar surface area (TPSA) is 196 Å². The summed E-state index contributed by atoms with van der Waals surface area (Å²) in [5.41, 5.74) is 7.18. The van der Waals surface area contributed by atoms with Gasteiger partial charge in [-0.25, -0.2) is 4.79 Å². The molecule has 0 fully saturated rings. The molecular weight excluding hydrogens is 558 g/mol. The number of phenols is 2. The van der Waals surface area contributed by atoms with Crippen molar-refractivity contribution in [3.8, 4) is 17.2 Å². The Kier molecular flexibility index (Phi) is 9.91. The summed E-state index contributed by atoms with van der Waals surface area (Å²) in [5.74, 6) is -1.59. The van der Waals surface area contributed by atoms with E-state index in [1.165, 1.54) is 12.0 Å². The van der Waals surface area contributed by atoms with Crippen molar-refractivity contribution in [1.82, 2.24) is 10.2 Å². The Morgan fingerprint density at radius 1 is 0.860 bits per heavy atom. The first-order valence-electron chi connectivity index (χ1n) is 13.6. The molecule has 0 heterocycles. The highest BCUT2D eigenvalue weighted by atomic mass is 16.6. The van der Waals surface area contributed by atoms with Crippen LogP contribution in [0.3, 0.4) is 0 Å². The predicted octanol–water partition coefficient (Wildman–Crippen LogP) is 2.14. The number of aliphatic hydroxyl groups excluding tert-OH is 1. The summed E-state index contributed by atoms with van der Waals surface area (Å²) in [6, 6.07) is 10.6. The van der Waals surface area contributed by atoms with Crippen LogP contribution in [0.25, 0.3) is 0 Å². The van der Waals surface area contributed by atoms with Gasteiger partial charge in [0.1, 0.15) is 23.9 Å². The summed E-state index contributed by atoms with van der Waals surface area (Å²) in [6.07, 6.45) is -0.586. The molecule has 0 bridgehead atoms. The molecule has 1 amide bonds. The average Bonchev–Trinajstić information content (AvgIpc) is 3.00. The molecule has 1 aliphatic rings. The van der Waals surface area contributed by atoms with Crippen LogP contribution in [0.4, 0.5) is 21.9 Å². The maximum Gasteiger partial charge on any atom is 0.409 e. The first kappa shape index (κ1) is 30.9. The number of likely N-dealkylation sites (N-methyl/N-ethyl adjacent to an activating group) is 1. The van der Waals surface area contributed by atoms with E-state index in [9.17, 15) is 24.6 Å². The van der Waals surface area contributed by atoms with E-state index in [0.717, 1.165) is 12.1 Å². The average molecular weight is 594 g/mol. The molecular formula is C30H35N5O8. The molecule has 0 radical (unpaired) electrons. The summed E-state index contributed by atoms with van der Waals surface area (Å²) < 4.78 is 10.7. The van der Waals surface area contributed by atoms with E-state index in [-0.39, 0.29) is 48.6 Å². The monoisotopic (exact) mass is 593 g/mol. The number of ether oxygens (including phenoxy) is 2. The van der Waals surface area contributed by atoms with Crippen LogP contribution in [0, 0.1) is 0 Å². The third-order valence-corrected chi connectivity index (χ3v) is 6.92. The number of anilines is 3. The second-order valence-corrected chi connectivity index (χ2v) is 9.80. The minimum atomic E-state index is -0.632. The smallest absolute Gasteiger partial charge is 0.409 e. The molecule has 8 N–H and O–H groups in total. The number of phenolic OH excluding ortho intramolecular Hbond substituents is 2. The van der Waals surface area contributed by atoms with Gasteiger partial charge in [0, 0.05) is 68.5 Å². The summed E-state index contributed by atoms with van der Waals surface area (Å²) >= 11 is 0. The van der Waals surface area contributed by atoms with Gasteiger partial charge in [-0.1, -0.05) is 0 Å². The number of hydrogen-bond acceptors (Lipinski definition) is 12. The SMILES string of the molecule is COc1cc(N)ccc1COC(=O)N(C)CCNc1ccc(NCCNCCO)c2c1C(=O)c1c(O)ccc(O)c1C2=O. The minimum Gasteiger partial charge on any atom is -0.507 e. The maximum absolute atomic E-state index is 13.7. The zero-order valence-corrected chi connectivity index (χ0v) is 23.9. The second kappa shape index (κ2) is 13.8. The number of nitrogens with zero attached hydrogens (tertiary/aromatic N) is 1. The number of ketones is 2. The second-order valence-electron chi connectivity index (χ2n) is 9.80. The van der Waals surface area contributed by atoms with Crippen molar-refractivity contribution in [1.29, 1.82) is 0 Å². The van der Waals surface area contributed by atoms with Crippen LogP contribution in [0.2, 0.25) is 0 Å². The number of carbonyl (C=O) groups excluding carboxylic acids is 3. The number of nitrogens with two attached hydrogens (primary N) is 1. The molecule has 0 aliphatic heterocycles. The normalized spacial score (nSPS) is 11.9. The maximum atomic E-state index is 13.7. The molecule has 3 aromatic carbocycles.